The molecule has 0 atom stereocenters. The van der Waals surface area contributed by atoms with E-state index in [0.717, 1.165) is 12.2 Å². The molecule has 114 valence electrons. The van der Waals surface area contributed by atoms with Crippen LogP contribution >= 0.6 is 11.3 Å². The molecule has 1 aromatic carbocycles. The van der Waals surface area contributed by atoms with Gasteiger partial charge in [-0.3, -0.25) is 0 Å². The van der Waals surface area contributed by atoms with Crippen molar-refractivity contribution in [3.63, 3.8) is 0 Å². The van der Waals surface area contributed by atoms with Crippen LogP contribution in [-0.2, 0) is 16.6 Å². The summed E-state index contributed by atoms with van der Waals surface area (Å²) in [4.78, 5) is 2.83. The fraction of sp³-hybridized carbons (Fsp3) is 0.333. The summed E-state index contributed by atoms with van der Waals surface area (Å²) in [5.74, 6) is 0. The van der Waals surface area contributed by atoms with Gasteiger partial charge in [-0.05, 0) is 57.2 Å². The van der Waals surface area contributed by atoms with E-state index in [9.17, 15) is 8.42 Å². The van der Waals surface area contributed by atoms with Crippen molar-refractivity contribution in [2.45, 2.75) is 38.3 Å². The zero-order valence-electron chi connectivity index (χ0n) is 12.4. The summed E-state index contributed by atoms with van der Waals surface area (Å²) < 4.78 is 26.6. The van der Waals surface area contributed by atoms with Crippen LogP contribution in [-0.4, -0.2) is 14.5 Å². The van der Waals surface area contributed by atoms with Crippen molar-refractivity contribution >= 4 is 27.0 Å². The Morgan fingerprint density at radius 1 is 1.10 bits per heavy atom. The minimum Gasteiger partial charge on any atom is -0.380 e. The second-order valence-electron chi connectivity index (χ2n) is 5.17. The number of aryl methyl sites for hydroxylation is 1. The van der Waals surface area contributed by atoms with Crippen LogP contribution in [0.25, 0.3) is 0 Å². The van der Waals surface area contributed by atoms with Crippen LogP contribution in [0.4, 0.5) is 5.69 Å². The van der Waals surface area contributed by atoms with E-state index < -0.39 is 10.0 Å². The van der Waals surface area contributed by atoms with Gasteiger partial charge in [0.15, 0.2) is 0 Å². The summed E-state index contributed by atoms with van der Waals surface area (Å²) in [6.45, 7) is 6.43. The summed E-state index contributed by atoms with van der Waals surface area (Å²) in [7, 11) is -3.42. The highest BCUT2D eigenvalue weighted by atomic mass is 32.2. The van der Waals surface area contributed by atoms with Gasteiger partial charge in [0, 0.05) is 28.0 Å². The van der Waals surface area contributed by atoms with E-state index in [4.69, 9.17) is 0 Å². The summed E-state index contributed by atoms with van der Waals surface area (Å²) in [5.41, 5.74) is 0.907. The van der Waals surface area contributed by atoms with E-state index in [-0.39, 0.29) is 10.9 Å². The molecule has 0 fully saturated rings. The van der Waals surface area contributed by atoms with Gasteiger partial charge in [0.05, 0.1) is 4.90 Å². The molecule has 1 aromatic heterocycles. The monoisotopic (exact) mass is 324 g/mol. The lowest BCUT2D eigenvalue weighted by atomic mass is 10.3. The zero-order chi connectivity index (χ0) is 15.5. The lowest BCUT2D eigenvalue weighted by molar-refractivity contribution is 0.570. The highest BCUT2D eigenvalue weighted by molar-refractivity contribution is 7.89. The van der Waals surface area contributed by atoms with Crippen molar-refractivity contribution in [3.05, 3.63) is 46.2 Å². The average Bonchev–Trinajstić information content (AvgIpc) is 2.81. The second kappa shape index (κ2) is 6.60. The Labute approximate surface area is 130 Å². The van der Waals surface area contributed by atoms with Crippen LogP contribution in [0.5, 0.6) is 0 Å². The van der Waals surface area contributed by atoms with Crippen LogP contribution in [0, 0.1) is 6.92 Å². The van der Waals surface area contributed by atoms with E-state index in [1.54, 1.807) is 49.4 Å². The van der Waals surface area contributed by atoms with Crippen LogP contribution in [0.3, 0.4) is 0 Å². The number of nitrogens with one attached hydrogen (secondary N) is 2. The van der Waals surface area contributed by atoms with Crippen LogP contribution in [0.1, 0.15) is 23.6 Å². The molecule has 0 aliphatic carbocycles. The minimum absolute atomic E-state index is 0.116. The molecular weight excluding hydrogens is 304 g/mol. The van der Waals surface area contributed by atoms with Crippen molar-refractivity contribution in [1.29, 1.82) is 0 Å². The predicted molar refractivity (Wildman–Crippen MR) is 88.3 cm³/mol. The summed E-state index contributed by atoms with van der Waals surface area (Å²) in [5, 5.41) is 3.29. The maximum Gasteiger partial charge on any atom is 0.240 e. The molecule has 0 spiro atoms. The molecule has 2 N–H and O–H groups in total. The van der Waals surface area contributed by atoms with Crippen LogP contribution in [0.2, 0.25) is 0 Å². The number of sulfonamides is 1. The molecule has 0 aliphatic heterocycles. The third kappa shape index (κ3) is 4.56. The summed E-state index contributed by atoms with van der Waals surface area (Å²) in [6, 6.07) is 10.9. The molecule has 0 unspecified atom stereocenters. The smallest absolute Gasteiger partial charge is 0.240 e. The molecule has 1 heterocycles. The first-order valence-electron chi connectivity index (χ1n) is 6.78. The van der Waals surface area contributed by atoms with Gasteiger partial charge in [0.1, 0.15) is 0 Å². The van der Waals surface area contributed by atoms with Crippen molar-refractivity contribution in [2.75, 3.05) is 5.32 Å². The van der Waals surface area contributed by atoms with Crippen LogP contribution in [0.15, 0.2) is 41.3 Å². The van der Waals surface area contributed by atoms with Crippen molar-refractivity contribution in [1.82, 2.24) is 4.72 Å². The molecule has 0 aliphatic rings. The Balaban J connectivity index is 2.02. The summed E-state index contributed by atoms with van der Waals surface area (Å²) in [6.07, 6.45) is 0. The van der Waals surface area contributed by atoms with Gasteiger partial charge < -0.3 is 5.32 Å². The quantitative estimate of drug-likeness (QED) is 0.856. The Morgan fingerprint density at radius 3 is 2.29 bits per heavy atom. The largest absolute Gasteiger partial charge is 0.380 e. The number of rotatable bonds is 6. The number of hydrogen-bond acceptors (Lipinski definition) is 4. The van der Waals surface area contributed by atoms with Gasteiger partial charge in [-0.15, -0.1) is 11.3 Å². The van der Waals surface area contributed by atoms with Gasteiger partial charge >= 0.3 is 0 Å². The Hall–Kier alpha value is -1.37. The average molecular weight is 324 g/mol. The standard InChI is InChI=1S/C15H20N2O2S2/c1-11(2)17-21(18,19)15-8-5-13(6-9-15)16-10-14-7-4-12(3)20-14/h4-9,11,16-17H,10H2,1-3H3. The topological polar surface area (TPSA) is 58.2 Å². The number of anilines is 1. The predicted octanol–water partition coefficient (Wildman–Crippen LogP) is 3.36. The Morgan fingerprint density at radius 2 is 1.76 bits per heavy atom. The maximum atomic E-state index is 12.0. The molecule has 0 amide bonds. The van der Waals surface area contributed by atoms with Crippen molar-refractivity contribution in [3.8, 4) is 0 Å². The lowest BCUT2D eigenvalue weighted by Gasteiger charge is -2.10. The molecule has 6 heteroatoms. The first-order chi connectivity index (χ1) is 9.87. The molecule has 2 aromatic rings. The van der Waals surface area contributed by atoms with Gasteiger partial charge in [-0.25, -0.2) is 13.1 Å². The van der Waals surface area contributed by atoms with Crippen LogP contribution < -0.4 is 10.0 Å². The lowest BCUT2D eigenvalue weighted by Crippen LogP contribution is -2.30. The maximum absolute atomic E-state index is 12.0. The first kappa shape index (κ1) is 16.0. The molecule has 0 saturated carbocycles. The molecule has 21 heavy (non-hydrogen) atoms. The van der Waals surface area contributed by atoms with E-state index in [0.29, 0.717) is 0 Å². The van der Waals surface area contributed by atoms with Crippen molar-refractivity contribution < 1.29 is 8.42 Å². The SMILES string of the molecule is Cc1ccc(CNc2ccc(S(=O)(=O)NC(C)C)cc2)s1. The summed E-state index contributed by atoms with van der Waals surface area (Å²) >= 11 is 1.75. The van der Waals surface area contributed by atoms with Gasteiger partial charge in [-0.2, -0.15) is 0 Å². The van der Waals surface area contributed by atoms with Crippen molar-refractivity contribution in [2.24, 2.45) is 0 Å². The van der Waals surface area contributed by atoms with Gasteiger partial charge in [0.25, 0.3) is 0 Å². The van der Waals surface area contributed by atoms with E-state index in [1.807, 2.05) is 0 Å². The highest BCUT2D eigenvalue weighted by Gasteiger charge is 2.14. The van der Waals surface area contributed by atoms with E-state index in [1.165, 1.54) is 9.75 Å². The zero-order valence-corrected chi connectivity index (χ0v) is 14.0. The third-order valence-electron chi connectivity index (χ3n) is 2.82. The molecule has 0 radical (unpaired) electrons. The third-order valence-corrected chi connectivity index (χ3v) is 5.49. The van der Waals surface area contributed by atoms with Gasteiger partial charge in [0.2, 0.25) is 10.0 Å². The second-order valence-corrected chi connectivity index (χ2v) is 8.25. The first-order valence-corrected chi connectivity index (χ1v) is 9.08. The fourth-order valence-corrected chi connectivity index (χ4v) is 3.98. The molecule has 4 nitrogen and oxygen atoms in total. The molecule has 0 saturated heterocycles. The fourth-order valence-electron chi connectivity index (χ4n) is 1.90. The highest BCUT2D eigenvalue weighted by Crippen LogP contribution is 2.18. The Kier molecular flexibility index (Phi) is 5.03. The van der Waals surface area contributed by atoms with Gasteiger partial charge in [-0.1, -0.05) is 0 Å². The normalized spacial score (nSPS) is 11.8. The molecule has 2 rings (SSSR count). The number of thiophene rings is 1. The van der Waals surface area contributed by atoms with E-state index >= 15 is 0 Å². The Bertz CT molecular complexity index is 689. The molecular formula is C15H20N2O2S2. The number of hydrogen-bond donors (Lipinski definition) is 2. The molecule has 0 bridgehead atoms. The van der Waals surface area contributed by atoms with E-state index in [2.05, 4.69) is 29.1 Å². The number of benzene rings is 1. The minimum atomic E-state index is -3.42.